The maximum Gasteiger partial charge on any atom is 0.272 e. The number of thioether (sulfide) groups is 1. The normalized spacial score (nSPS) is 11.8. The highest BCUT2D eigenvalue weighted by Crippen LogP contribution is 2.37. The number of carbonyl (C=O) groups excluding carboxylic acids is 3. The van der Waals surface area contributed by atoms with Gasteiger partial charge in [-0.25, -0.2) is 4.39 Å². The van der Waals surface area contributed by atoms with Crippen LogP contribution in [0.2, 0.25) is 5.02 Å². The fourth-order valence-electron chi connectivity index (χ4n) is 4.12. The standard InChI is InChI=1S/C34H25ClFN3O4S/c35-28-20-25(16-17-29(28)36)38-34(42)31(22-9-3-1-4-10-22)44-27-15-7-13-24(19-27)37-33(41)30(21-26-14-8-18-43-26)39-32(40)23-11-5-2-6-12-23/h1-21,31H,(H,37,41)(H,38,42)(H,39,40)/b30-21-. The predicted molar refractivity (Wildman–Crippen MR) is 171 cm³/mol. The van der Waals surface area contributed by atoms with Crippen molar-refractivity contribution in [3.63, 3.8) is 0 Å². The number of halogens is 2. The average Bonchev–Trinajstić information content (AvgIpc) is 3.55. The third kappa shape index (κ3) is 8.03. The second-order valence-electron chi connectivity index (χ2n) is 9.40. The zero-order valence-electron chi connectivity index (χ0n) is 23.0. The van der Waals surface area contributed by atoms with Crippen LogP contribution in [-0.2, 0) is 9.59 Å². The molecule has 1 atom stereocenters. The zero-order chi connectivity index (χ0) is 30.9. The molecule has 3 N–H and O–H groups in total. The minimum Gasteiger partial charge on any atom is -0.465 e. The number of benzene rings is 4. The minimum atomic E-state index is -0.689. The summed E-state index contributed by atoms with van der Waals surface area (Å²) in [6, 6.07) is 32.0. The third-order valence-electron chi connectivity index (χ3n) is 6.23. The van der Waals surface area contributed by atoms with E-state index in [0.29, 0.717) is 27.6 Å². The lowest BCUT2D eigenvalue weighted by molar-refractivity contribution is -0.116. The fraction of sp³-hybridized carbons (Fsp3) is 0.0294. The Labute approximate surface area is 262 Å². The summed E-state index contributed by atoms with van der Waals surface area (Å²) in [5.41, 5.74) is 1.91. The van der Waals surface area contributed by atoms with Crippen molar-refractivity contribution in [1.82, 2.24) is 5.32 Å². The van der Waals surface area contributed by atoms with Crippen molar-refractivity contribution in [1.29, 1.82) is 0 Å². The van der Waals surface area contributed by atoms with Gasteiger partial charge in [-0.15, -0.1) is 11.8 Å². The molecule has 0 saturated carbocycles. The predicted octanol–water partition coefficient (Wildman–Crippen LogP) is 7.95. The van der Waals surface area contributed by atoms with Crippen LogP contribution < -0.4 is 16.0 Å². The van der Waals surface area contributed by atoms with Crippen LogP contribution >= 0.6 is 23.4 Å². The van der Waals surface area contributed by atoms with Crippen molar-refractivity contribution in [2.24, 2.45) is 0 Å². The van der Waals surface area contributed by atoms with E-state index in [1.54, 1.807) is 60.7 Å². The highest BCUT2D eigenvalue weighted by atomic mass is 35.5. The Morgan fingerprint density at radius 2 is 1.52 bits per heavy atom. The number of amides is 3. The van der Waals surface area contributed by atoms with Gasteiger partial charge in [0.25, 0.3) is 11.8 Å². The van der Waals surface area contributed by atoms with Gasteiger partial charge in [-0.3, -0.25) is 14.4 Å². The molecule has 1 aromatic heterocycles. The van der Waals surface area contributed by atoms with Gasteiger partial charge in [0.05, 0.1) is 11.3 Å². The molecule has 4 aromatic carbocycles. The molecule has 0 spiro atoms. The summed E-state index contributed by atoms with van der Waals surface area (Å²) >= 11 is 7.17. The van der Waals surface area contributed by atoms with Crippen LogP contribution in [0.15, 0.2) is 137 Å². The van der Waals surface area contributed by atoms with Crippen molar-refractivity contribution in [3.05, 3.63) is 155 Å². The van der Waals surface area contributed by atoms with Crippen molar-refractivity contribution in [3.8, 4) is 0 Å². The first kappa shape index (κ1) is 30.3. The molecule has 3 amide bonds. The molecule has 0 bridgehead atoms. The molecular formula is C34H25ClFN3O4S. The molecule has 0 aliphatic carbocycles. The lowest BCUT2D eigenvalue weighted by atomic mass is 10.1. The van der Waals surface area contributed by atoms with Crippen molar-refractivity contribution in [2.75, 3.05) is 10.6 Å². The largest absolute Gasteiger partial charge is 0.465 e. The topological polar surface area (TPSA) is 100 Å². The van der Waals surface area contributed by atoms with Gasteiger partial charge in [0.1, 0.15) is 22.5 Å². The molecule has 0 fully saturated rings. The molecule has 10 heteroatoms. The van der Waals surface area contributed by atoms with E-state index in [1.165, 1.54) is 42.3 Å². The Morgan fingerprint density at radius 3 is 2.23 bits per heavy atom. The van der Waals surface area contributed by atoms with Crippen LogP contribution in [0.4, 0.5) is 15.8 Å². The smallest absolute Gasteiger partial charge is 0.272 e. The fourth-order valence-corrected chi connectivity index (χ4v) is 5.39. The van der Waals surface area contributed by atoms with Crippen LogP contribution in [-0.4, -0.2) is 17.7 Å². The van der Waals surface area contributed by atoms with E-state index in [1.807, 2.05) is 36.4 Å². The van der Waals surface area contributed by atoms with Crippen LogP contribution in [0.3, 0.4) is 0 Å². The number of anilines is 2. The van der Waals surface area contributed by atoms with Crippen LogP contribution in [0.25, 0.3) is 6.08 Å². The average molecular weight is 626 g/mol. The molecule has 220 valence electrons. The van der Waals surface area contributed by atoms with Gasteiger partial charge < -0.3 is 20.4 Å². The van der Waals surface area contributed by atoms with E-state index in [-0.39, 0.29) is 16.6 Å². The van der Waals surface area contributed by atoms with Gasteiger partial charge in [0.15, 0.2) is 0 Å². The van der Waals surface area contributed by atoms with Gasteiger partial charge in [0, 0.05) is 27.9 Å². The zero-order valence-corrected chi connectivity index (χ0v) is 24.6. The molecule has 7 nitrogen and oxygen atoms in total. The van der Waals surface area contributed by atoms with E-state index in [9.17, 15) is 18.8 Å². The summed E-state index contributed by atoms with van der Waals surface area (Å²) in [5.74, 6) is -1.57. The van der Waals surface area contributed by atoms with Crippen molar-refractivity contribution < 1.29 is 23.2 Å². The van der Waals surface area contributed by atoms with Gasteiger partial charge in [-0.05, 0) is 66.2 Å². The van der Waals surface area contributed by atoms with E-state index in [2.05, 4.69) is 16.0 Å². The van der Waals surface area contributed by atoms with Gasteiger partial charge in [-0.1, -0.05) is 66.2 Å². The molecule has 1 unspecified atom stereocenters. The second kappa shape index (κ2) is 14.4. The lowest BCUT2D eigenvalue weighted by Gasteiger charge is -2.18. The number of carbonyl (C=O) groups is 3. The number of hydrogen-bond donors (Lipinski definition) is 3. The summed E-state index contributed by atoms with van der Waals surface area (Å²) in [7, 11) is 0. The highest BCUT2D eigenvalue weighted by Gasteiger charge is 2.23. The second-order valence-corrected chi connectivity index (χ2v) is 11.0. The van der Waals surface area contributed by atoms with E-state index >= 15 is 0 Å². The molecule has 5 aromatic rings. The first-order valence-corrected chi connectivity index (χ1v) is 14.6. The molecular weight excluding hydrogens is 601 g/mol. The van der Waals surface area contributed by atoms with E-state index in [4.69, 9.17) is 16.0 Å². The molecule has 0 aliphatic heterocycles. The number of furan rings is 1. The van der Waals surface area contributed by atoms with E-state index < -0.39 is 22.9 Å². The number of rotatable bonds is 10. The van der Waals surface area contributed by atoms with Crippen LogP contribution in [0.1, 0.15) is 26.9 Å². The van der Waals surface area contributed by atoms with Crippen LogP contribution in [0.5, 0.6) is 0 Å². The van der Waals surface area contributed by atoms with E-state index in [0.717, 1.165) is 5.56 Å². The van der Waals surface area contributed by atoms with Crippen molar-refractivity contribution >= 4 is 58.5 Å². The number of hydrogen-bond acceptors (Lipinski definition) is 5. The Bertz CT molecular complexity index is 1800. The maximum absolute atomic E-state index is 13.7. The SMILES string of the molecule is O=C(Nc1cccc(SC(C(=O)Nc2ccc(F)c(Cl)c2)c2ccccc2)c1)/C(=C/c1ccco1)NC(=O)c1ccccc1. The van der Waals surface area contributed by atoms with Crippen LogP contribution in [0, 0.1) is 5.82 Å². The Balaban J connectivity index is 1.35. The Morgan fingerprint density at radius 1 is 0.795 bits per heavy atom. The molecule has 5 rings (SSSR count). The summed E-state index contributed by atoms with van der Waals surface area (Å²) in [4.78, 5) is 40.4. The molecule has 0 aliphatic rings. The number of nitrogens with one attached hydrogen (secondary N) is 3. The first-order chi connectivity index (χ1) is 21.4. The Hall–Kier alpha value is -5.12. The minimum absolute atomic E-state index is 0.0219. The van der Waals surface area contributed by atoms with Gasteiger partial charge >= 0.3 is 0 Å². The Kier molecular flexibility index (Phi) is 9.91. The summed E-state index contributed by atoms with van der Waals surface area (Å²) in [5, 5.41) is 7.50. The molecule has 44 heavy (non-hydrogen) atoms. The van der Waals surface area contributed by atoms with Gasteiger partial charge in [-0.2, -0.15) is 0 Å². The molecule has 1 heterocycles. The quantitative estimate of drug-likeness (QED) is 0.108. The molecule has 0 radical (unpaired) electrons. The first-order valence-electron chi connectivity index (χ1n) is 13.4. The third-order valence-corrected chi connectivity index (χ3v) is 7.77. The summed E-state index contributed by atoms with van der Waals surface area (Å²) < 4.78 is 19.0. The maximum atomic E-state index is 13.7. The molecule has 0 saturated heterocycles. The lowest BCUT2D eigenvalue weighted by Crippen LogP contribution is -2.30. The monoisotopic (exact) mass is 625 g/mol. The summed E-state index contributed by atoms with van der Waals surface area (Å²) in [6.07, 6.45) is 2.90. The summed E-state index contributed by atoms with van der Waals surface area (Å²) in [6.45, 7) is 0. The van der Waals surface area contributed by atoms with Crippen molar-refractivity contribution in [2.45, 2.75) is 10.1 Å². The van der Waals surface area contributed by atoms with Gasteiger partial charge in [0.2, 0.25) is 5.91 Å². The highest BCUT2D eigenvalue weighted by molar-refractivity contribution is 8.00.